The molecule has 0 aromatic rings. The predicted molar refractivity (Wildman–Crippen MR) is 67.3 cm³/mol. The van der Waals surface area contributed by atoms with Crippen LogP contribution in [0.1, 0.15) is 59.3 Å². The Morgan fingerprint density at radius 2 is 1.88 bits per heavy atom. The van der Waals surface area contributed by atoms with E-state index in [4.69, 9.17) is 4.74 Å². The summed E-state index contributed by atoms with van der Waals surface area (Å²) >= 11 is 0. The molecule has 0 fully saturated rings. The Bertz CT molecular complexity index is 247. The number of rotatable bonds is 8. The molecular weight excluding hydrogens is 200 g/mol. The fourth-order valence-electron chi connectivity index (χ4n) is 1.31. The number of hydrogen-bond donors (Lipinski definition) is 0. The topological polar surface area (TPSA) is 26.3 Å². The van der Waals surface area contributed by atoms with Crippen LogP contribution in [-0.4, -0.2) is 12.6 Å². The van der Waals surface area contributed by atoms with E-state index >= 15 is 0 Å². The van der Waals surface area contributed by atoms with Crippen molar-refractivity contribution in [1.82, 2.24) is 0 Å². The number of carbonyl (C=O) groups is 1. The van der Waals surface area contributed by atoms with Crippen molar-refractivity contribution >= 4 is 5.97 Å². The lowest BCUT2D eigenvalue weighted by atomic mass is 10.1. The molecule has 16 heavy (non-hydrogen) atoms. The zero-order chi connectivity index (χ0) is 12.2. The normalized spacial score (nSPS) is 9.44. The van der Waals surface area contributed by atoms with Crippen molar-refractivity contribution in [2.45, 2.75) is 59.3 Å². The van der Waals surface area contributed by atoms with Crippen LogP contribution in [0.2, 0.25) is 0 Å². The van der Waals surface area contributed by atoms with Crippen molar-refractivity contribution in [3.63, 3.8) is 0 Å². The maximum Gasteiger partial charge on any atom is 0.341 e. The van der Waals surface area contributed by atoms with Crippen LogP contribution < -0.4 is 0 Å². The van der Waals surface area contributed by atoms with Crippen LogP contribution in [0.15, 0.2) is 17.4 Å². The average molecular weight is 224 g/mol. The zero-order valence-corrected chi connectivity index (χ0v) is 10.8. The fraction of sp³-hybridized carbons (Fsp3) is 0.714. The molecule has 0 amide bonds. The van der Waals surface area contributed by atoms with E-state index in [9.17, 15) is 4.79 Å². The van der Waals surface area contributed by atoms with Gasteiger partial charge in [0.2, 0.25) is 0 Å². The van der Waals surface area contributed by atoms with Gasteiger partial charge in [0.05, 0.1) is 12.2 Å². The van der Waals surface area contributed by atoms with E-state index in [0.717, 1.165) is 32.1 Å². The summed E-state index contributed by atoms with van der Waals surface area (Å²) in [6, 6.07) is 0. The van der Waals surface area contributed by atoms with Gasteiger partial charge in [0.15, 0.2) is 0 Å². The SMILES string of the molecule is CCCCC=C=C(CCCC)C(=O)OCC. The van der Waals surface area contributed by atoms with E-state index in [-0.39, 0.29) is 5.97 Å². The summed E-state index contributed by atoms with van der Waals surface area (Å²) in [6.45, 7) is 6.53. The second-order valence-electron chi connectivity index (χ2n) is 3.79. The third-order valence-corrected chi connectivity index (χ3v) is 2.28. The highest BCUT2D eigenvalue weighted by Gasteiger charge is 2.08. The van der Waals surface area contributed by atoms with Crippen molar-refractivity contribution in [2.75, 3.05) is 6.61 Å². The lowest BCUT2D eigenvalue weighted by molar-refractivity contribution is -0.138. The number of carbonyl (C=O) groups excluding carboxylic acids is 1. The first-order valence-electron chi connectivity index (χ1n) is 6.37. The Morgan fingerprint density at radius 3 is 2.44 bits per heavy atom. The quantitative estimate of drug-likeness (QED) is 0.269. The summed E-state index contributed by atoms with van der Waals surface area (Å²) in [5.74, 6) is -0.205. The Labute approximate surface area is 99.4 Å². The first-order valence-corrected chi connectivity index (χ1v) is 6.37. The Kier molecular flexibility index (Phi) is 9.84. The summed E-state index contributed by atoms with van der Waals surface area (Å²) in [5.41, 5.74) is 3.79. The van der Waals surface area contributed by atoms with Gasteiger partial charge in [0.25, 0.3) is 0 Å². The van der Waals surface area contributed by atoms with Gasteiger partial charge in [0.1, 0.15) is 0 Å². The van der Waals surface area contributed by atoms with Gasteiger partial charge >= 0.3 is 5.97 Å². The zero-order valence-electron chi connectivity index (χ0n) is 10.8. The summed E-state index contributed by atoms with van der Waals surface area (Å²) in [5, 5.41) is 0. The first-order chi connectivity index (χ1) is 7.76. The predicted octanol–water partition coefficient (Wildman–Crippen LogP) is 4.01. The molecule has 0 spiro atoms. The van der Waals surface area contributed by atoms with Gasteiger partial charge in [0, 0.05) is 0 Å². The number of ether oxygens (including phenoxy) is 1. The second kappa shape index (κ2) is 10.5. The monoisotopic (exact) mass is 224 g/mol. The summed E-state index contributed by atoms with van der Waals surface area (Å²) in [6.07, 6.45) is 8.15. The Balaban J connectivity index is 4.38. The molecule has 0 atom stereocenters. The van der Waals surface area contributed by atoms with Gasteiger partial charge in [-0.05, 0) is 38.7 Å². The summed E-state index contributed by atoms with van der Waals surface area (Å²) in [7, 11) is 0. The molecule has 92 valence electrons. The van der Waals surface area contributed by atoms with Gasteiger partial charge < -0.3 is 4.74 Å². The summed E-state index contributed by atoms with van der Waals surface area (Å²) in [4.78, 5) is 11.6. The highest BCUT2D eigenvalue weighted by atomic mass is 16.5. The third-order valence-electron chi connectivity index (χ3n) is 2.28. The first kappa shape index (κ1) is 15.0. The van der Waals surface area contributed by atoms with E-state index in [2.05, 4.69) is 19.6 Å². The molecule has 0 aliphatic rings. The lowest BCUT2D eigenvalue weighted by Crippen LogP contribution is -2.06. The van der Waals surface area contributed by atoms with Crippen LogP contribution in [0.25, 0.3) is 0 Å². The van der Waals surface area contributed by atoms with E-state index < -0.39 is 0 Å². The largest absolute Gasteiger partial charge is 0.462 e. The number of unbranched alkanes of at least 4 members (excludes halogenated alkanes) is 3. The molecule has 2 heteroatoms. The molecule has 0 aliphatic carbocycles. The number of hydrogen-bond acceptors (Lipinski definition) is 2. The third kappa shape index (κ3) is 7.30. The maximum absolute atomic E-state index is 11.6. The van der Waals surface area contributed by atoms with Crippen LogP contribution >= 0.6 is 0 Å². The van der Waals surface area contributed by atoms with Crippen molar-refractivity contribution in [3.05, 3.63) is 17.4 Å². The van der Waals surface area contributed by atoms with Gasteiger partial charge in [-0.15, -0.1) is 5.73 Å². The van der Waals surface area contributed by atoms with Crippen molar-refractivity contribution in [2.24, 2.45) is 0 Å². The van der Waals surface area contributed by atoms with E-state index in [1.54, 1.807) is 0 Å². The molecule has 0 saturated carbocycles. The molecular formula is C14H24O2. The van der Waals surface area contributed by atoms with Gasteiger partial charge in [-0.25, -0.2) is 4.79 Å². The summed E-state index contributed by atoms with van der Waals surface area (Å²) < 4.78 is 5.00. The number of esters is 1. The Hall–Kier alpha value is -1.01. The molecule has 0 N–H and O–H groups in total. The molecule has 0 aromatic carbocycles. The molecule has 0 aromatic heterocycles. The second-order valence-corrected chi connectivity index (χ2v) is 3.79. The minimum atomic E-state index is -0.205. The van der Waals surface area contributed by atoms with Crippen LogP contribution in [0.4, 0.5) is 0 Å². The van der Waals surface area contributed by atoms with Gasteiger partial charge in [-0.2, -0.15) is 0 Å². The molecule has 2 nitrogen and oxygen atoms in total. The fourth-order valence-corrected chi connectivity index (χ4v) is 1.31. The molecule has 0 heterocycles. The van der Waals surface area contributed by atoms with E-state index in [1.165, 1.54) is 6.42 Å². The van der Waals surface area contributed by atoms with Crippen LogP contribution in [-0.2, 0) is 9.53 Å². The molecule has 0 bridgehead atoms. The minimum Gasteiger partial charge on any atom is -0.462 e. The van der Waals surface area contributed by atoms with Crippen molar-refractivity contribution in [1.29, 1.82) is 0 Å². The van der Waals surface area contributed by atoms with Crippen molar-refractivity contribution in [3.8, 4) is 0 Å². The van der Waals surface area contributed by atoms with Crippen molar-refractivity contribution < 1.29 is 9.53 Å². The minimum absolute atomic E-state index is 0.205. The molecule has 0 saturated heterocycles. The molecule has 0 aliphatic heterocycles. The van der Waals surface area contributed by atoms with Crippen LogP contribution in [0.3, 0.4) is 0 Å². The maximum atomic E-state index is 11.6. The smallest absolute Gasteiger partial charge is 0.341 e. The average Bonchev–Trinajstić information content (AvgIpc) is 2.28. The highest BCUT2D eigenvalue weighted by molar-refractivity contribution is 5.88. The standard InChI is InChI=1S/C14H24O2/c1-4-7-9-10-12-13(11-8-5-2)14(15)16-6-3/h10H,4-9,11H2,1-3H3. The van der Waals surface area contributed by atoms with Gasteiger partial charge in [-0.3, -0.25) is 0 Å². The van der Waals surface area contributed by atoms with Crippen LogP contribution in [0.5, 0.6) is 0 Å². The van der Waals surface area contributed by atoms with Crippen LogP contribution in [0, 0.1) is 0 Å². The molecule has 0 rings (SSSR count). The lowest BCUT2D eigenvalue weighted by Gasteiger charge is -2.03. The molecule has 0 radical (unpaired) electrons. The van der Waals surface area contributed by atoms with E-state index in [0.29, 0.717) is 12.2 Å². The molecule has 0 unspecified atom stereocenters. The van der Waals surface area contributed by atoms with Gasteiger partial charge in [-0.1, -0.05) is 26.7 Å². The Morgan fingerprint density at radius 1 is 1.19 bits per heavy atom. The van der Waals surface area contributed by atoms with E-state index in [1.807, 2.05) is 13.0 Å². The highest BCUT2D eigenvalue weighted by Crippen LogP contribution is 2.08.